The Morgan fingerprint density at radius 3 is 2.86 bits per heavy atom. The van der Waals surface area contributed by atoms with Crippen molar-refractivity contribution in [3.05, 3.63) is 38.9 Å². The molecule has 8 nitrogen and oxygen atoms in total. The van der Waals surface area contributed by atoms with Crippen LogP contribution in [0.25, 0.3) is 0 Å². The van der Waals surface area contributed by atoms with Crippen molar-refractivity contribution in [2.75, 3.05) is 12.4 Å². The van der Waals surface area contributed by atoms with Crippen molar-refractivity contribution in [3.63, 3.8) is 0 Å². The first kappa shape index (κ1) is 15.8. The highest BCUT2D eigenvalue weighted by molar-refractivity contribution is 7.15. The number of aromatic nitrogens is 2. The molecule has 1 heterocycles. The molecule has 116 valence electrons. The highest BCUT2D eigenvalue weighted by atomic mass is 32.1. The second-order valence-corrected chi connectivity index (χ2v) is 5.41. The molecule has 1 aromatic heterocycles. The zero-order valence-corrected chi connectivity index (χ0v) is 12.8. The van der Waals surface area contributed by atoms with E-state index in [2.05, 4.69) is 15.5 Å². The first-order chi connectivity index (χ1) is 10.5. The topological polar surface area (TPSA) is 107 Å². The zero-order valence-electron chi connectivity index (χ0n) is 12.0. The molecule has 0 aliphatic heterocycles. The fraction of sp³-hybridized carbons (Fsp3) is 0.308. The number of anilines is 1. The Hall–Kier alpha value is -2.55. The van der Waals surface area contributed by atoms with Gasteiger partial charge in [0, 0.05) is 18.6 Å². The standard InChI is InChI=1S/C13H14N4O4S/c1-3-4-11-15-16-13(22-11)14-12(18)9-7-8(17(19)20)5-6-10(9)21-2/h5-7H,3-4H2,1-2H3,(H,14,16,18). The van der Waals surface area contributed by atoms with Crippen molar-refractivity contribution in [1.29, 1.82) is 0 Å². The molecule has 0 fully saturated rings. The summed E-state index contributed by atoms with van der Waals surface area (Å²) in [4.78, 5) is 22.5. The molecule has 1 N–H and O–H groups in total. The largest absolute Gasteiger partial charge is 0.496 e. The number of methoxy groups -OCH3 is 1. The summed E-state index contributed by atoms with van der Waals surface area (Å²) in [5, 5.41) is 22.4. The van der Waals surface area contributed by atoms with Gasteiger partial charge in [-0.15, -0.1) is 10.2 Å². The van der Waals surface area contributed by atoms with Crippen molar-refractivity contribution in [2.45, 2.75) is 19.8 Å². The van der Waals surface area contributed by atoms with Gasteiger partial charge in [-0.25, -0.2) is 0 Å². The maximum absolute atomic E-state index is 12.3. The number of carbonyl (C=O) groups excluding carboxylic acids is 1. The molecule has 0 radical (unpaired) electrons. The Bertz CT molecular complexity index is 701. The number of nitro groups is 1. The summed E-state index contributed by atoms with van der Waals surface area (Å²) in [7, 11) is 1.39. The molecule has 0 unspecified atom stereocenters. The van der Waals surface area contributed by atoms with Gasteiger partial charge >= 0.3 is 0 Å². The minimum Gasteiger partial charge on any atom is -0.496 e. The van der Waals surface area contributed by atoms with E-state index in [1.54, 1.807) is 0 Å². The molecule has 0 aliphatic carbocycles. The summed E-state index contributed by atoms with van der Waals surface area (Å²) < 4.78 is 5.07. The fourth-order valence-corrected chi connectivity index (χ4v) is 2.61. The van der Waals surface area contributed by atoms with Crippen molar-refractivity contribution >= 4 is 28.1 Å². The number of aryl methyl sites for hydroxylation is 1. The van der Waals surface area contributed by atoms with Crippen molar-refractivity contribution in [2.24, 2.45) is 0 Å². The Kier molecular flexibility index (Phi) is 4.99. The van der Waals surface area contributed by atoms with Crippen LogP contribution in [0, 0.1) is 10.1 Å². The molecule has 0 aliphatic rings. The lowest BCUT2D eigenvalue weighted by Gasteiger charge is -2.07. The molecule has 0 spiro atoms. The van der Waals surface area contributed by atoms with Crippen LogP contribution < -0.4 is 10.1 Å². The smallest absolute Gasteiger partial charge is 0.270 e. The first-order valence-corrected chi connectivity index (χ1v) is 7.33. The van der Waals surface area contributed by atoms with E-state index in [4.69, 9.17) is 4.74 Å². The van der Waals surface area contributed by atoms with Crippen LogP contribution in [0.15, 0.2) is 18.2 Å². The molecule has 0 atom stereocenters. The van der Waals surface area contributed by atoms with Gasteiger partial charge in [-0.1, -0.05) is 18.3 Å². The summed E-state index contributed by atoms with van der Waals surface area (Å²) in [6.07, 6.45) is 1.72. The van der Waals surface area contributed by atoms with Crippen LogP contribution >= 0.6 is 11.3 Å². The van der Waals surface area contributed by atoms with E-state index in [0.29, 0.717) is 5.13 Å². The summed E-state index contributed by atoms with van der Waals surface area (Å²) in [6, 6.07) is 3.83. The van der Waals surface area contributed by atoms with Crippen LogP contribution in [0.5, 0.6) is 5.75 Å². The molecule has 22 heavy (non-hydrogen) atoms. The second kappa shape index (κ2) is 6.94. The van der Waals surface area contributed by atoms with Gasteiger partial charge in [0.25, 0.3) is 11.6 Å². The van der Waals surface area contributed by atoms with Gasteiger partial charge < -0.3 is 4.74 Å². The third kappa shape index (κ3) is 3.55. The van der Waals surface area contributed by atoms with Crippen LogP contribution in [0.1, 0.15) is 28.7 Å². The Balaban J connectivity index is 2.23. The number of non-ortho nitro benzene ring substituents is 1. The molecule has 1 aromatic carbocycles. The van der Waals surface area contributed by atoms with Crippen LogP contribution in [0.2, 0.25) is 0 Å². The normalized spacial score (nSPS) is 10.3. The first-order valence-electron chi connectivity index (χ1n) is 6.51. The van der Waals surface area contributed by atoms with Gasteiger partial charge in [-0.3, -0.25) is 20.2 Å². The van der Waals surface area contributed by atoms with Gasteiger partial charge in [-0.2, -0.15) is 0 Å². The highest BCUT2D eigenvalue weighted by Crippen LogP contribution is 2.25. The van der Waals surface area contributed by atoms with Gasteiger partial charge in [0.2, 0.25) is 5.13 Å². The molecule has 0 bridgehead atoms. The van der Waals surface area contributed by atoms with E-state index < -0.39 is 10.8 Å². The van der Waals surface area contributed by atoms with E-state index in [9.17, 15) is 14.9 Å². The molecule has 2 aromatic rings. The number of hydrogen-bond donors (Lipinski definition) is 1. The zero-order chi connectivity index (χ0) is 16.1. The number of benzene rings is 1. The summed E-state index contributed by atoms with van der Waals surface area (Å²) in [6.45, 7) is 2.02. The summed E-state index contributed by atoms with van der Waals surface area (Å²) in [5.74, 6) is -0.277. The Labute approximate surface area is 130 Å². The number of rotatable bonds is 6. The molecule has 9 heteroatoms. The minimum absolute atomic E-state index is 0.0731. The average Bonchev–Trinajstić information content (AvgIpc) is 2.94. The number of amides is 1. The van der Waals surface area contributed by atoms with Gasteiger partial charge in [0.05, 0.1) is 17.6 Å². The van der Waals surface area contributed by atoms with E-state index in [-0.39, 0.29) is 17.0 Å². The lowest BCUT2D eigenvalue weighted by molar-refractivity contribution is -0.384. The number of carbonyl (C=O) groups is 1. The third-order valence-electron chi connectivity index (χ3n) is 2.79. The van der Waals surface area contributed by atoms with E-state index in [1.165, 1.54) is 36.6 Å². The molecular weight excluding hydrogens is 308 g/mol. The number of hydrogen-bond acceptors (Lipinski definition) is 7. The van der Waals surface area contributed by atoms with Gasteiger partial charge in [0.1, 0.15) is 10.8 Å². The minimum atomic E-state index is -0.569. The quantitative estimate of drug-likeness (QED) is 0.647. The molecule has 0 saturated heterocycles. The Morgan fingerprint density at radius 1 is 1.45 bits per heavy atom. The van der Waals surface area contributed by atoms with Crippen molar-refractivity contribution < 1.29 is 14.5 Å². The Morgan fingerprint density at radius 2 is 2.23 bits per heavy atom. The van der Waals surface area contributed by atoms with Crippen LogP contribution in [-0.4, -0.2) is 28.1 Å². The predicted octanol–water partition coefficient (Wildman–Crippen LogP) is 2.66. The van der Waals surface area contributed by atoms with Crippen molar-refractivity contribution in [3.8, 4) is 5.75 Å². The van der Waals surface area contributed by atoms with Crippen LogP contribution in [0.4, 0.5) is 10.8 Å². The third-order valence-corrected chi connectivity index (χ3v) is 3.69. The van der Waals surface area contributed by atoms with E-state index in [1.807, 2.05) is 6.92 Å². The average molecular weight is 322 g/mol. The molecule has 2 rings (SSSR count). The summed E-state index contributed by atoms with van der Waals surface area (Å²) in [5.41, 5.74) is -0.112. The predicted molar refractivity (Wildman–Crippen MR) is 81.5 cm³/mol. The monoisotopic (exact) mass is 322 g/mol. The van der Waals surface area contributed by atoms with Gasteiger partial charge in [-0.05, 0) is 12.5 Å². The highest BCUT2D eigenvalue weighted by Gasteiger charge is 2.18. The lowest BCUT2D eigenvalue weighted by Crippen LogP contribution is -2.13. The number of nitrogens with zero attached hydrogens (tertiary/aromatic N) is 3. The molecule has 1 amide bonds. The lowest BCUT2D eigenvalue weighted by atomic mass is 10.1. The summed E-state index contributed by atoms with van der Waals surface area (Å²) >= 11 is 1.28. The van der Waals surface area contributed by atoms with Crippen molar-refractivity contribution in [1.82, 2.24) is 10.2 Å². The van der Waals surface area contributed by atoms with E-state index in [0.717, 1.165) is 17.8 Å². The second-order valence-electron chi connectivity index (χ2n) is 4.35. The van der Waals surface area contributed by atoms with Crippen LogP contribution in [-0.2, 0) is 6.42 Å². The van der Waals surface area contributed by atoms with Crippen LogP contribution in [0.3, 0.4) is 0 Å². The van der Waals surface area contributed by atoms with E-state index >= 15 is 0 Å². The number of nitro benzene ring substituents is 1. The number of ether oxygens (including phenoxy) is 1. The fourth-order valence-electron chi connectivity index (χ4n) is 1.77. The number of nitrogens with one attached hydrogen (secondary N) is 1. The maximum atomic E-state index is 12.3. The molecular formula is C13H14N4O4S. The molecule has 0 saturated carbocycles. The maximum Gasteiger partial charge on any atom is 0.270 e. The SMILES string of the molecule is CCCc1nnc(NC(=O)c2cc([N+](=O)[O-])ccc2OC)s1. The van der Waals surface area contributed by atoms with Gasteiger partial charge in [0.15, 0.2) is 0 Å².